The number of rotatable bonds is 6. The quantitative estimate of drug-likeness (QED) is 0.529. The largest absolute Gasteiger partial charge is 0.457 e. The van der Waals surface area contributed by atoms with Crippen molar-refractivity contribution in [3.8, 4) is 11.5 Å². The van der Waals surface area contributed by atoms with Gasteiger partial charge in [-0.2, -0.15) is 0 Å². The molecule has 2 rings (SSSR count). The Bertz CT molecular complexity index is 755. The number of benzene rings is 2. The van der Waals surface area contributed by atoms with E-state index in [4.69, 9.17) is 4.74 Å². The Morgan fingerprint density at radius 2 is 1.04 bits per heavy atom. The average molecular weight is 335 g/mol. The van der Waals surface area contributed by atoms with Crippen LogP contribution in [0.1, 0.15) is 44.5 Å². The number of hydrogen-bond acceptors (Lipinski definition) is 1. The van der Waals surface area contributed by atoms with Crippen LogP contribution in [0.5, 0.6) is 11.5 Å². The fourth-order valence-corrected chi connectivity index (χ4v) is 3.45. The molecule has 0 aliphatic rings. The molecule has 0 spiro atoms. The molecule has 0 atom stereocenters. The minimum absolute atomic E-state index is 0.895. The highest BCUT2D eigenvalue weighted by Gasteiger charge is 2.15. The van der Waals surface area contributed by atoms with E-state index in [2.05, 4.69) is 66.8 Å². The lowest BCUT2D eigenvalue weighted by molar-refractivity contribution is 0.472. The average Bonchev–Trinajstić information content (AvgIpc) is 2.57. The summed E-state index contributed by atoms with van der Waals surface area (Å²) in [7, 11) is 0. The van der Waals surface area contributed by atoms with Gasteiger partial charge in [-0.15, -0.1) is 13.2 Å². The highest BCUT2D eigenvalue weighted by Crippen LogP contribution is 2.35. The van der Waals surface area contributed by atoms with E-state index in [0.29, 0.717) is 0 Å². The van der Waals surface area contributed by atoms with Gasteiger partial charge in [-0.1, -0.05) is 12.2 Å². The van der Waals surface area contributed by atoms with Crippen molar-refractivity contribution in [2.45, 2.75) is 54.4 Å². The number of allylic oxidation sites excluding steroid dienone is 2. The number of ether oxygens (including phenoxy) is 1. The van der Waals surface area contributed by atoms with Crippen LogP contribution in [0.3, 0.4) is 0 Å². The van der Waals surface area contributed by atoms with Crippen molar-refractivity contribution in [3.05, 3.63) is 82.0 Å². The van der Waals surface area contributed by atoms with Crippen LogP contribution in [0.25, 0.3) is 0 Å². The van der Waals surface area contributed by atoms with Gasteiger partial charge in [0.2, 0.25) is 0 Å². The molecular weight excluding hydrogens is 304 g/mol. The first kappa shape index (κ1) is 19.1. The first-order chi connectivity index (χ1) is 11.8. The highest BCUT2D eigenvalue weighted by molar-refractivity contribution is 5.53. The molecule has 132 valence electrons. The Morgan fingerprint density at radius 3 is 1.36 bits per heavy atom. The van der Waals surface area contributed by atoms with Gasteiger partial charge < -0.3 is 4.74 Å². The highest BCUT2D eigenvalue weighted by atomic mass is 16.5. The van der Waals surface area contributed by atoms with Gasteiger partial charge >= 0.3 is 0 Å². The van der Waals surface area contributed by atoms with Crippen molar-refractivity contribution < 1.29 is 4.74 Å². The summed E-state index contributed by atoms with van der Waals surface area (Å²) >= 11 is 0. The maximum atomic E-state index is 6.38. The zero-order valence-corrected chi connectivity index (χ0v) is 16.5. The van der Waals surface area contributed by atoms with Gasteiger partial charge in [0.25, 0.3) is 0 Å². The molecule has 25 heavy (non-hydrogen) atoms. The van der Waals surface area contributed by atoms with Gasteiger partial charge in [-0.05, 0) is 111 Å². The van der Waals surface area contributed by atoms with Crippen LogP contribution in [0.2, 0.25) is 0 Å². The maximum absolute atomic E-state index is 6.38. The van der Waals surface area contributed by atoms with Crippen LogP contribution in [0.15, 0.2) is 37.4 Å². The van der Waals surface area contributed by atoms with Crippen molar-refractivity contribution in [1.29, 1.82) is 0 Å². The molecule has 0 radical (unpaired) electrons. The summed E-state index contributed by atoms with van der Waals surface area (Å²) in [5, 5.41) is 0. The van der Waals surface area contributed by atoms with Gasteiger partial charge in [-0.25, -0.2) is 0 Å². The van der Waals surface area contributed by atoms with E-state index < -0.39 is 0 Å². The summed E-state index contributed by atoms with van der Waals surface area (Å²) < 4.78 is 6.38. The molecule has 0 bridgehead atoms. The van der Waals surface area contributed by atoms with E-state index in [-0.39, 0.29) is 0 Å². The molecule has 0 amide bonds. The molecule has 1 heteroatoms. The third-order valence-electron chi connectivity index (χ3n) is 5.33. The molecule has 0 fully saturated rings. The minimum Gasteiger partial charge on any atom is -0.457 e. The Labute approximate surface area is 153 Å². The van der Waals surface area contributed by atoms with Gasteiger partial charge in [0.15, 0.2) is 0 Å². The fraction of sp³-hybridized carbons (Fsp3) is 0.333. The molecule has 2 aromatic carbocycles. The van der Waals surface area contributed by atoms with Gasteiger partial charge in [0.1, 0.15) is 11.5 Å². The van der Waals surface area contributed by atoms with Crippen LogP contribution in [0, 0.1) is 41.5 Å². The molecule has 0 aliphatic heterocycles. The topological polar surface area (TPSA) is 9.23 Å². The third kappa shape index (κ3) is 3.71. The summed E-state index contributed by atoms with van der Waals surface area (Å²) in [6.45, 7) is 20.7. The van der Waals surface area contributed by atoms with E-state index in [1.807, 2.05) is 12.2 Å². The van der Waals surface area contributed by atoms with Crippen molar-refractivity contribution in [2.24, 2.45) is 0 Å². The second-order valence-electron chi connectivity index (χ2n) is 6.93. The molecular formula is C24H30O. The number of hydrogen-bond donors (Lipinski definition) is 0. The van der Waals surface area contributed by atoms with Gasteiger partial charge in [0, 0.05) is 0 Å². The van der Waals surface area contributed by atoms with Crippen LogP contribution < -0.4 is 4.74 Å². The zero-order chi connectivity index (χ0) is 18.7. The Balaban J connectivity index is 2.50. The fourth-order valence-electron chi connectivity index (χ4n) is 3.45. The molecule has 0 N–H and O–H groups in total. The van der Waals surface area contributed by atoms with Crippen molar-refractivity contribution in [2.75, 3.05) is 0 Å². The molecule has 0 unspecified atom stereocenters. The van der Waals surface area contributed by atoms with Crippen LogP contribution >= 0.6 is 0 Å². The van der Waals surface area contributed by atoms with E-state index in [9.17, 15) is 0 Å². The van der Waals surface area contributed by atoms with Crippen molar-refractivity contribution in [3.63, 3.8) is 0 Å². The molecule has 0 aliphatic carbocycles. The summed E-state index contributed by atoms with van der Waals surface area (Å²) in [6, 6.07) is 4.31. The van der Waals surface area contributed by atoms with Crippen LogP contribution in [0.4, 0.5) is 0 Å². The normalized spacial score (nSPS) is 10.6. The molecule has 0 saturated carbocycles. The molecule has 0 saturated heterocycles. The summed E-state index contributed by atoms with van der Waals surface area (Å²) in [5.41, 5.74) is 10.2. The predicted octanol–water partition coefficient (Wildman–Crippen LogP) is 6.79. The predicted molar refractivity (Wildman–Crippen MR) is 109 cm³/mol. The van der Waals surface area contributed by atoms with E-state index in [1.54, 1.807) is 0 Å². The SMILES string of the molecule is C=CCc1c(C)cc(Oc2cc(C)c(CC=C)c(C)c2C)c(C)c1C. The first-order valence-electron chi connectivity index (χ1n) is 8.90. The first-order valence-corrected chi connectivity index (χ1v) is 8.90. The third-order valence-corrected chi connectivity index (χ3v) is 5.33. The monoisotopic (exact) mass is 334 g/mol. The standard InChI is InChI=1S/C24H30O/c1-9-11-21-15(3)13-23(19(7)17(21)5)25-24-14-16(4)22(12-10-2)18(6)20(24)8/h9-10,13-14H,1-2,11-12H2,3-8H3. The maximum Gasteiger partial charge on any atom is 0.130 e. The van der Waals surface area contributed by atoms with Gasteiger partial charge in [-0.3, -0.25) is 0 Å². The smallest absolute Gasteiger partial charge is 0.130 e. The van der Waals surface area contributed by atoms with E-state index >= 15 is 0 Å². The summed E-state index contributed by atoms with van der Waals surface area (Å²) in [5.74, 6) is 1.89. The minimum atomic E-state index is 0.895. The second-order valence-corrected chi connectivity index (χ2v) is 6.93. The lowest BCUT2D eigenvalue weighted by atomic mass is 9.94. The van der Waals surface area contributed by atoms with Crippen LogP contribution in [-0.4, -0.2) is 0 Å². The van der Waals surface area contributed by atoms with Gasteiger partial charge in [0.05, 0.1) is 0 Å². The Morgan fingerprint density at radius 1 is 0.680 bits per heavy atom. The van der Waals surface area contributed by atoms with Crippen LogP contribution in [-0.2, 0) is 12.8 Å². The lowest BCUT2D eigenvalue weighted by Crippen LogP contribution is -2.02. The molecule has 1 nitrogen and oxygen atoms in total. The lowest BCUT2D eigenvalue weighted by Gasteiger charge is -2.20. The Hall–Kier alpha value is -2.28. The molecule has 0 aromatic heterocycles. The van der Waals surface area contributed by atoms with E-state index in [0.717, 1.165) is 24.3 Å². The second kappa shape index (κ2) is 7.74. The van der Waals surface area contributed by atoms with Crippen molar-refractivity contribution in [1.82, 2.24) is 0 Å². The zero-order valence-electron chi connectivity index (χ0n) is 16.5. The molecule has 2 aromatic rings. The van der Waals surface area contributed by atoms with E-state index in [1.165, 1.54) is 44.5 Å². The summed E-state index contributed by atoms with van der Waals surface area (Å²) in [4.78, 5) is 0. The Kier molecular flexibility index (Phi) is 5.89. The van der Waals surface area contributed by atoms with Crippen molar-refractivity contribution >= 4 is 0 Å². The summed E-state index contributed by atoms with van der Waals surface area (Å²) in [6.07, 6.45) is 5.72. The molecule has 0 heterocycles. The number of aryl methyl sites for hydroxylation is 2.